The zero-order valence-electron chi connectivity index (χ0n) is 12.4. The zero-order valence-corrected chi connectivity index (χ0v) is 12.4. The highest BCUT2D eigenvalue weighted by atomic mass is 16.4. The number of hydrogen-bond acceptors (Lipinski definition) is 3. The first kappa shape index (κ1) is 15.1. The Bertz CT molecular complexity index is 380. The number of carbonyl (C=O) groups excluding carboxylic acids is 1. The van der Waals surface area contributed by atoms with E-state index in [1.54, 1.807) is 4.90 Å². The molecule has 0 aromatic rings. The molecule has 0 spiro atoms. The van der Waals surface area contributed by atoms with E-state index >= 15 is 0 Å². The summed E-state index contributed by atoms with van der Waals surface area (Å²) in [6.45, 7) is 1.31. The van der Waals surface area contributed by atoms with Crippen molar-refractivity contribution < 1.29 is 14.7 Å². The van der Waals surface area contributed by atoms with Crippen molar-refractivity contribution in [2.24, 2.45) is 0 Å². The van der Waals surface area contributed by atoms with Gasteiger partial charge < -0.3 is 20.2 Å². The molecule has 2 amide bonds. The fourth-order valence-corrected chi connectivity index (χ4v) is 3.23. The molecule has 20 heavy (non-hydrogen) atoms. The van der Waals surface area contributed by atoms with Crippen LogP contribution in [0.25, 0.3) is 0 Å². The van der Waals surface area contributed by atoms with Gasteiger partial charge in [0.25, 0.3) is 0 Å². The van der Waals surface area contributed by atoms with Crippen LogP contribution < -0.4 is 5.32 Å². The molecule has 2 aliphatic rings. The highest BCUT2D eigenvalue weighted by Crippen LogP contribution is 2.35. The van der Waals surface area contributed by atoms with Crippen molar-refractivity contribution in [2.45, 2.75) is 50.1 Å². The quantitative estimate of drug-likeness (QED) is 0.793. The van der Waals surface area contributed by atoms with E-state index in [0.717, 1.165) is 25.7 Å². The second-order valence-electron chi connectivity index (χ2n) is 6.22. The van der Waals surface area contributed by atoms with Crippen LogP contribution >= 0.6 is 0 Å². The number of carboxylic acids is 1. The number of amides is 2. The minimum absolute atomic E-state index is 0.0479. The molecule has 0 aromatic carbocycles. The van der Waals surface area contributed by atoms with Gasteiger partial charge in [-0.15, -0.1) is 0 Å². The summed E-state index contributed by atoms with van der Waals surface area (Å²) < 4.78 is 0. The van der Waals surface area contributed by atoms with Crippen molar-refractivity contribution in [2.75, 3.05) is 27.2 Å². The van der Waals surface area contributed by atoms with E-state index in [2.05, 4.69) is 24.3 Å². The standard InChI is InChI=1S/C14H25N3O3/c1-16(2)14(6-4-7-14)10-15-13(20)17-8-3-5-11(17)9-12(18)19/h11H,3-10H2,1-2H3,(H,15,20)(H,18,19). The maximum Gasteiger partial charge on any atom is 0.317 e. The van der Waals surface area contributed by atoms with E-state index < -0.39 is 5.97 Å². The SMILES string of the molecule is CN(C)C1(CNC(=O)N2CCCC2CC(=O)O)CCC1. The number of hydrogen-bond donors (Lipinski definition) is 2. The molecule has 2 N–H and O–H groups in total. The van der Waals surface area contributed by atoms with E-state index in [9.17, 15) is 9.59 Å². The van der Waals surface area contributed by atoms with Crippen molar-refractivity contribution in [3.05, 3.63) is 0 Å². The average Bonchev–Trinajstić information content (AvgIpc) is 2.74. The van der Waals surface area contributed by atoms with Crippen LogP contribution in [0.2, 0.25) is 0 Å². The Labute approximate surface area is 120 Å². The van der Waals surface area contributed by atoms with Crippen LogP contribution in [0.5, 0.6) is 0 Å². The molecule has 6 nitrogen and oxygen atoms in total. The number of likely N-dealkylation sites (tertiary alicyclic amines) is 1. The topological polar surface area (TPSA) is 72.9 Å². The predicted octanol–water partition coefficient (Wildman–Crippen LogP) is 1.12. The van der Waals surface area contributed by atoms with Gasteiger partial charge in [-0.25, -0.2) is 4.79 Å². The van der Waals surface area contributed by atoms with Gasteiger partial charge in [-0.05, 0) is 46.2 Å². The summed E-state index contributed by atoms with van der Waals surface area (Å²) >= 11 is 0. The van der Waals surface area contributed by atoms with E-state index in [1.165, 1.54) is 6.42 Å². The van der Waals surface area contributed by atoms with Crippen LogP contribution in [-0.4, -0.2) is 65.7 Å². The molecular weight excluding hydrogens is 258 g/mol. The second-order valence-corrected chi connectivity index (χ2v) is 6.22. The lowest BCUT2D eigenvalue weighted by atomic mass is 9.75. The van der Waals surface area contributed by atoms with E-state index in [-0.39, 0.29) is 24.0 Å². The number of urea groups is 1. The van der Waals surface area contributed by atoms with Gasteiger partial charge in [-0.2, -0.15) is 0 Å². The Balaban J connectivity index is 1.86. The number of carbonyl (C=O) groups is 2. The van der Waals surface area contributed by atoms with Gasteiger partial charge in [0.15, 0.2) is 0 Å². The zero-order chi connectivity index (χ0) is 14.8. The second kappa shape index (κ2) is 5.99. The minimum Gasteiger partial charge on any atom is -0.481 e. The first-order valence-corrected chi connectivity index (χ1v) is 7.38. The summed E-state index contributed by atoms with van der Waals surface area (Å²) in [6, 6.07) is -0.258. The predicted molar refractivity (Wildman–Crippen MR) is 75.6 cm³/mol. The summed E-state index contributed by atoms with van der Waals surface area (Å²) in [6.07, 6.45) is 5.16. The summed E-state index contributed by atoms with van der Waals surface area (Å²) in [5.74, 6) is -0.835. The highest BCUT2D eigenvalue weighted by molar-refractivity contribution is 5.76. The Morgan fingerprint density at radius 3 is 2.55 bits per heavy atom. The first-order valence-electron chi connectivity index (χ1n) is 7.38. The fourth-order valence-electron chi connectivity index (χ4n) is 3.23. The molecule has 0 radical (unpaired) electrons. The molecule has 1 atom stereocenters. The molecule has 1 aliphatic heterocycles. The maximum atomic E-state index is 12.2. The number of carboxylic acid groups (broad SMARTS) is 1. The lowest BCUT2D eigenvalue weighted by Crippen LogP contribution is -2.58. The largest absolute Gasteiger partial charge is 0.481 e. The van der Waals surface area contributed by atoms with Crippen LogP contribution in [-0.2, 0) is 4.79 Å². The smallest absolute Gasteiger partial charge is 0.317 e. The molecule has 1 saturated heterocycles. The van der Waals surface area contributed by atoms with Gasteiger partial charge >= 0.3 is 12.0 Å². The summed E-state index contributed by atoms with van der Waals surface area (Å²) in [5.41, 5.74) is 0.0949. The molecule has 1 aliphatic carbocycles. The van der Waals surface area contributed by atoms with Crippen molar-refractivity contribution in [1.29, 1.82) is 0 Å². The van der Waals surface area contributed by atoms with Gasteiger partial charge in [-0.1, -0.05) is 0 Å². The summed E-state index contributed by atoms with van der Waals surface area (Å²) in [4.78, 5) is 27.0. The third-order valence-corrected chi connectivity index (χ3v) is 4.85. The third-order valence-electron chi connectivity index (χ3n) is 4.85. The molecular formula is C14H25N3O3. The Kier molecular flexibility index (Phi) is 4.52. The van der Waals surface area contributed by atoms with Gasteiger partial charge in [0, 0.05) is 24.7 Å². The molecule has 114 valence electrons. The van der Waals surface area contributed by atoms with Crippen LogP contribution in [0.15, 0.2) is 0 Å². The van der Waals surface area contributed by atoms with E-state index in [4.69, 9.17) is 5.11 Å². The minimum atomic E-state index is -0.835. The molecule has 1 heterocycles. The number of rotatable bonds is 5. The van der Waals surface area contributed by atoms with Crippen molar-refractivity contribution in [1.82, 2.24) is 15.1 Å². The molecule has 0 aromatic heterocycles. The van der Waals surface area contributed by atoms with E-state index in [1.807, 2.05) is 0 Å². The van der Waals surface area contributed by atoms with Gasteiger partial charge in [0.1, 0.15) is 0 Å². The number of nitrogens with zero attached hydrogens (tertiary/aromatic N) is 2. The van der Waals surface area contributed by atoms with Crippen LogP contribution in [0.3, 0.4) is 0 Å². The summed E-state index contributed by atoms with van der Waals surface area (Å²) in [5, 5.41) is 11.9. The van der Waals surface area contributed by atoms with Gasteiger partial charge in [0.05, 0.1) is 6.42 Å². The maximum absolute atomic E-state index is 12.2. The Morgan fingerprint density at radius 2 is 2.05 bits per heavy atom. The molecule has 1 unspecified atom stereocenters. The number of aliphatic carboxylic acids is 1. The van der Waals surface area contributed by atoms with Crippen molar-refractivity contribution in [3.8, 4) is 0 Å². The highest BCUT2D eigenvalue weighted by Gasteiger charge is 2.40. The molecule has 6 heteroatoms. The van der Waals surface area contributed by atoms with Crippen LogP contribution in [0.1, 0.15) is 38.5 Å². The molecule has 2 fully saturated rings. The normalized spacial score (nSPS) is 24.6. The lowest BCUT2D eigenvalue weighted by Gasteiger charge is -2.47. The molecule has 0 bridgehead atoms. The van der Waals surface area contributed by atoms with Gasteiger partial charge in [-0.3, -0.25) is 4.79 Å². The number of likely N-dealkylation sites (N-methyl/N-ethyl adjacent to an activating group) is 1. The Morgan fingerprint density at radius 1 is 1.35 bits per heavy atom. The molecule has 1 saturated carbocycles. The fraction of sp³-hybridized carbons (Fsp3) is 0.857. The molecule has 2 rings (SSSR count). The number of nitrogens with one attached hydrogen (secondary N) is 1. The van der Waals surface area contributed by atoms with Crippen LogP contribution in [0, 0.1) is 0 Å². The lowest BCUT2D eigenvalue weighted by molar-refractivity contribution is -0.137. The van der Waals surface area contributed by atoms with Crippen molar-refractivity contribution >= 4 is 12.0 Å². The van der Waals surface area contributed by atoms with Gasteiger partial charge in [0.2, 0.25) is 0 Å². The van der Waals surface area contributed by atoms with E-state index in [0.29, 0.717) is 13.1 Å². The summed E-state index contributed by atoms with van der Waals surface area (Å²) in [7, 11) is 4.10. The monoisotopic (exact) mass is 283 g/mol. The average molecular weight is 283 g/mol. The Hall–Kier alpha value is -1.30. The first-order chi connectivity index (χ1) is 9.44. The third kappa shape index (κ3) is 3.06. The van der Waals surface area contributed by atoms with Crippen molar-refractivity contribution in [3.63, 3.8) is 0 Å². The van der Waals surface area contributed by atoms with Crippen LogP contribution in [0.4, 0.5) is 4.79 Å².